The number of nitrogens with zero attached hydrogens (tertiary/aromatic N) is 1. The molecule has 7 nitrogen and oxygen atoms in total. The molecule has 0 aliphatic carbocycles. The maximum Gasteiger partial charge on any atom is 0.356 e. The first kappa shape index (κ1) is 15.1. The van der Waals surface area contributed by atoms with Crippen molar-refractivity contribution in [1.82, 2.24) is 10.2 Å². The maximum atomic E-state index is 12.3. The van der Waals surface area contributed by atoms with Crippen LogP contribution < -0.4 is 10.1 Å². The zero-order chi connectivity index (χ0) is 15.6. The number of anilines is 1. The molecule has 1 amide bonds. The quantitative estimate of drug-likeness (QED) is 0.799. The molecule has 0 bridgehead atoms. The van der Waals surface area contributed by atoms with Gasteiger partial charge in [-0.25, -0.2) is 4.79 Å². The van der Waals surface area contributed by atoms with Crippen molar-refractivity contribution in [2.24, 2.45) is 0 Å². The second kappa shape index (κ2) is 6.02. The fourth-order valence-corrected chi connectivity index (χ4v) is 2.04. The summed E-state index contributed by atoms with van der Waals surface area (Å²) in [6, 6.07) is 2.97. The first-order valence-electron chi connectivity index (χ1n) is 5.55. The van der Waals surface area contributed by atoms with Gasteiger partial charge in [-0.2, -0.15) is 5.10 Å². The molecule has 1 aromatic heterocycles. The van der Waals surface area contributed by atoms with Crippen molar-refractivity contribution >= 4 is 40.8 Å². The molecule has 0 saturated heterocycles. The number of halogens is 2. The summed E-state index contributed by atoms with van der Waals surface area (Å²) in [5, 5.41) is 17.3. The third-order valence-corrected chi connectivity index (χ3v) is 3.41. The lowest BCUT2D eigenvalue weighted by atomic mass is 10.1. The van der Waals surface area contributed by atoms with Crippen LogP contribution in [0, 0.1) is 0 Å². The number of hydrogen-bond donors (Lipinski definition) is 3. The number of carbonyl (C=O) groups is 2. The topological polar surface area (TPSA) is 104 Å². The lowest BCUT2D eigenvalue weighted by Gasteiger charge is -2.11. The number of aromatic amines is 1. The Bertz CT molecular complexity index is 715. The molecule has 0 saturated carbocycles. The van der Waals surface area contributed by atoms with Crippen molar-refractivity contribution in [2.75, 3.05) is 12.4 Å². The normalized spacial score (nSPS) is 10.2. The Kier molecular flexibility index (Phi) is 4.35. The van der Waals surface area contributed by atoms with Crippen molar-refractivity contribution in [3.63, 3.8) is 0 Å². The lowest BCUT2D eigenvalue weighted by Crippen LogP contribution is -2.15. The Labute approximate surface area is 128 Å². The highest BCUT2D eigenvalue weighted by atomic mass is 35.5. The standard InChI is InChI=1S/C12H9Cl2N3O4/c1-21-7-3-2-5(13)9(14)8(7)11(18)16-6-4-15-17-10(6)12(19)20/h2-4H,1H3,(H,15,17)(H,16,18)(H,19,20). The highest BCUT2D eigenvalue weighted by molar-refractivity contribution is 6.44. The number of methoxy groups -OCH3 is 1. The van der Waals surface area contributed by atoms with Crippen LogP contribution in [-0.4, -0.2) is 34.3 Å². The van der Waals surface area contributed by atoms with Gasteiger partial charge in [-0.1, -0.05) is 23.2 Å². The Hall–Kier alpha value is -2.25. The van der Waals surface area contributed by atoms with E-state index < -0.39 is 11.9 Å². The molecule has 1 aromatic carbocycles. The van der Waals surface area contributed by atoms with Crippen molar-refractivity contribution in [3.05, 3.63) is 39.6 Å². The molecule has 9 heteroatoms. The second-order valence-electron chi connectivity index (χ2n) is 3.86. The van der Waals surface area contributed by atoms with Gasteiger partial charge in [-0.15, -0.1) is 0 Å². The smallest absolute Gasteiger partial charge is 0.356 e. The number of amides is 1. The minimum Gasteiger partial charge on any atom is -0.496 e. The van der Waals surface area contributed by atoms with Crippen LogP contribution in [0.25, 0.3) is 0 Å². The minimum absolute atomic E-state index is 0.00389. The molecule has 0 unspecified atom stereocenters. The Balaban J connectivity index is 2.39. The predicted molar refractivity (Wildman–Crippen MR) is 76.5 cm³/mol. The van der Waals surface area contributed by atoms with Crippen LogP contribution in [0.5, 0.6) is 5.75 Å². The summed E-state index contributed by atoms with van der Waals surface area (Å²) < 4.78 is 5.06. The van der Waals surface area contributed by atoms with Crippen LogP contribution in [0.4, 0.5) is 5.69 Å². The predicted octanol–water partition coefficient (Wildman–Crippen LogP) is 2.68. The number of rotatable bonds is 4. The van der Waals surface area contributed by atoms with Gasteiger partial charge in [0.05, 0.1) is 29.0 Å². The van der Waals surface area contributed by atoms with Crippen LogP contribution in [-0.2, 0) is 0 Å². The number of nitrogens with one attached hydrogen (secondary N) is 2. The van der Waals surface area contributed by atoms with Crippen LogP contribution in [0.15, 0.2) is 18.3 Å². The minimum atomic E-state index is -1.26. The summed E-state index contributed by atoms with van der Waals surface area (Å²) in [5.74, 6) is -1.71. The largest absolute Gasteiger partial charge is 0.496 e. The third kappa shape index (κ3) is 2.93. The average Bonchev–Trinajstić information content (AvgIpc) is 2.89. The van der Waals surface area contributed by atoms with Crippen LogP contribution >= 0.6 is 23.2 Å². The van der Waals surface area contributed by atoms with E-state index >= 15 is 0 Å². The third-order valence-electron chi connectivity index (χ3n) is 2.60. The highest BCUT2D eigenvalue weighted by Crippen LogP contribution is 2.33. The van der Waals surface area contributed by atoms with Gasteiger partial charge in [0.25, 0.3) is 5.91 Å². The highest BCUT2D eigenvalue weighted by Gasteiger charge is 2.22. The van der Waals surface area contributed by atoms with Crippen molar-refractivity contribution in [2.45, 2.75) is 0 Å². The molecule has 21 heavy (non-hydrogen) atoms. The first-order valence-corrected chi connectivity index (χ1v) is 6.31. The summed E-state index contributed by atoms with van der Waals surface area (Å²) in [5.41, 5.74) is -0.240. The molecule has 0 atom stereocenters. The molecule has 0 radical (unpaired) electrons. The van der Waals surface area contributed by atoms with E-state index in [1.165, 1.54) is 25.4 Å². The number of carboxylic acids is 1. The van der Waals surface area contributed by atoms with E-state index in [1.807, 2.05) is 0 Å². The number of H-pyrrole nitrogens is 1. The van der Waals surface area contributed by atoms with Gasteiger partial charge < -0.3 is 15.2 Å². The molecular weight excluding hydrogens is 321 g/mol. The molecule has 2 aromatic rings. The molecular formula is C12H9Cl2N3O4. The van der Waals surface area contributed by atoms with Crippen LogP contribution in [0.3, 0.4) is 0 Å². The Morgan fingerprint density at radius 2 is 2.10 bits per heavy atom. The number of ether oxygens (including phenoxy) is 1. The molecule has 0 aliphatic rings. The average molecular weight is 330 g/mol. The number of benzene rings is 1. The van der Waals surface area contributed by atoms with Gasteiger partial charge in [0.15, 0.2) is 5.69 Å². The van der Waals surface area contributed by atoms with E-state index in [4.69, 9.17) is 33.0 Å². The zero-order valence-electron chi connectivity index (χ0n) is 10.6. The summed E-state index contributed by atoms with van der Waals surface area (Å²) >= 11 is 11.9. The van der Waals surface area contributed by atoms with Gasteiger partial charge in [0.2, 0.25) is 0 Å². The zero-order valence-corrected chi connectivity index (χ0v) is 12.1. The lowest BCUT2D eigenvalue weighted by molar-refractivity contribution is 0.0691. The number of carbonyl (C=O) groups excluding carboxylic acids is 1. The van der Waals surface area contributed by atoms with Crippen molar-refractivity contribution < 1.29 is 19.4 Å². The second-order valence-corrected chi connectivity index (χ2v) is 4.64. The summed E-state index contributed by atoms with van der Waals surface area (Å²) in [6.45, 7) is 0. The summed E-state index contributed by atoms with van der Waals surface area (Å²) in [7, 11) is 1.37. The van der Waals surface area contributed by atoms with Gasteiger partial charge >= 0.3 is 5.97 Å². The fourth-order valence-electron chi connectivity index (χ4n) is 1.64. The van der Waals surface area contributed by atoms with E-state index in [-0.39, 0.29) is 32.7 Å². The van der Waals surface area contributed by atoms with E-state index in [0.717, 1.165) is 0 Å². The SMILES string of the molecule is COc1ccc(Cl)c(Cl)c1C(=O)Nc1cn[nH]c1C(=O)O. The van der Waals surface area contributed by atoms with Crippen LogP contribution in [0.2, 0.25) is 10.0 Å². The molecule has 3 N–H and O–H groups in total. The molecule has 0 spiro atoms. The van der Waals surface area contributed by atoms with E-state index in [0.29, 0.717) is 0 Å². The number of hydrogen-bond acceptors (Lipinski definition) is 4. The van der Waals surface area contributed by atoms with Gasteiger partial charge in [0.1, 0.15) is 11.3 Å². The number of carboxylic acid groups (broad SMARTS) is 1. The molecule has 1 heterocycles. The van der Waals surface area contributed by atoms with Gasteiger partial charge in [-0.3, -0.25) is 9.89 Å². The molecule has 0 aliphatic heterocycles. The van der Waals surface area contributed by atoms with Crippen LogP contribution in [0.1, 0.15) is 20.8 Å². The molecule has 2 rings (SSSR count). The van der Waals surface area contributed by atoms with E-state index in [2.05, 4.69) is 15.5 Å². The van der Waals surface area contributed by atoms with Gasteiger partial charge in [0, 0.05) is 0 Å². The van der Waals surface area contributed by atoms with Gasteiger partial charge in [-0.05, 0) is 12.1 Å². The van der Waals surface area contributed by atoms with E-state index in [1.54, 1.807) is 0 Å². The number of aromatic nitrogens is 2. The van der Waals surface area contributed by atoms with E-state index in [9.17, 15) is 9.59 Å². The Morgan fingerprint density at radius 1 is 1.38 bits per heavy atom. The molecule has 110 valence electrons. The Morgan fingerprint density at radius 3 is 2.71 bits per heavy atom. The summed E-state index contributed by atoms with van der Waals surface area (Å²) in [4.78, 5) is 23.2. The summed E-state index contributed by atoms with van der Waals surface area (Å²) in [6.07, 6.45) is 1.17. The molecule has 0 fully saturated rings. The maximum absolute atomic E-state index is 12.3. The van der Waals surface area contributed by atoms with Crippen molar-refractivity contribution in [3.8, 4) is 5.75 Å². The first-order chi connectivity index (χ1) is 9.95. The fraction of sp³-hybridized carbons (Fsp3) is 0.0833. The van der Waals surface area contributed by atoms with Crippen molar-refractivity contribution in [1.29, 1.82) is 0 Å². The number of aromatic carboxylic acids is 1. The monoisotopic (exact) mass is 329 g/mol.